The van der Waals surface area contributed by atoms with E-state index in [4.69, 9.17) is 9.47 Å². The van der Waals surface area contributed by atoms with Crippen LogP contribution in [0.2, 0.25) is 0 Å². The van der Waals surface area contributed by atoms with Crippen molar-refractivity contribution >= 4 is 11.6 Å². The summed E-state index contributed by atoms with van der Waals surface area (Å²) in [6, 6.07) is 5.70. The molecule has 1 aliphatic carbocycles. The van der Waals surface area contributed by atoms with Gasteiger partial charge in [-0.2, -0.15) is 0 Å². The monoisotopic (exact) mass is 291 g/mol. The van der Waals surface area contributed by atoms with E-state index >= 15 is 0 Å². The quantitative estimate of drug-likeness (QED) is 0.836. The second kappa shape index (κ2) is 6.48. The first-order valence-corrected chi connectivity index (χ1v) is 7.70. The number of carbonyl (C=O) groups excluding carboxylic acids is 1. The van der Waals surface area contributed by atoms with Crippen molar-refractivity contribution in [2.24, 2.45) is 5.92 Å². The highest BCUT2D eigenvalue weighted by atomic mass is 16.5. The lowest BCUT2D eigenvalue weighted by molar-refractivity contribution is -0.141. The zero-order valence-electron chi connectivity index (χ0n) is 13.4. The number of hydrogen-bond donors (Lipinski definition) is 1. The fourth-order valence-electron chi connectivity index (χ4n) is 2.60. The van der Waals surface area contributed by atoms with E-state index in [9.17, 15) is 4.79 Å². The van der Waals surface area contributed by atoms with Crippen molar-refractivity contribution in [2.75, 3.05) is 18.5 Å². The van der Waals surface area contributed by atoms with E-state index in [0.717, 1.165) is 29.8 Å². The molecule has 1 aliphatic rings. The molecule has 2 rings (SSSR count). The molecule has 1 N–H and O–H groups in total. The van der Waals surface area contributed by atoms with Crippen LogP contribution in [-0.4, -0.2) is 24.7 Å². The number of amides is 1. The van der Waals surface area contributed by atoms with Crippen LogP contribution in [0.3, 0.4) is 0 Å². The normalized spacial score (nSPS) is 17.1. The van der Waals surface area contributed by atoms with Gasteiger partial charge in [0.05, 0.1) is 6.61 Å². The maximum atomic E-state index is 12.6. The summed E-state index contributed by atoms with van der Waals surface area (Å²) in [6.45, 7) is 8.93. The van der Waals surface area contributed by atoms with Crippen molar-refractivity contribution in [1.29, 1.82) is 0 Å². The highest BCUT2D eigenvalue weighted by molar-refractivity contribution is 5.97. The second-order valence-electron chi connectivity index (χ2n) is 5.68. The fraction of sp³-hybridized carbons (Fsp3) is 0.588. The Labute approximate surface area is 126 Å². The molecular weight excluding hydrogens is 266 g/mol. The van der Waals surface area contributed by atoms with Crippen LogP contribution in [-0.2, 0) is 9.53 Å². The van der Waals surface area contributed by atoms with Gasteiger partial charge in [-0.05, 0) is 70.2 Å². The highest BCUT2D eigenvalue weighted by Crippen LogP contribution is 2.42. The minimum atomic E-state index is -0.721. The second-order valence-corrected chi connectivity index (χ2v) is 5.68. The molecule has 1 saturated carbocycles. The molecule has 0 unspecified atom stereocenters. The molecule has 0 aromatic heterocycles. The van der Waals surface area contributed by atoms with Crippen LogP contribution in [0, 0.1) is 12.8 Å². The Hall–Kier alpha value is -1.55. The summed E-state index contributed by atoms with van der Waals surface area (Å²) in [5, 5.41) is 2.98. The van der Waals surface area contributed by atoms with E-state index < -0.39 is 5.60 Å². The number of nitrogens with one attached hydrogen (secondary N) is 1. The zero-order chi connectivity index (χ0) is 15.5. The summed E-state index contributed by atoms with van der Waals surface area (Å²) in [6.07, 6.45) is 2.12. The van der Waals surface area contributed by atoms with Crippen molar-refractivity contribution in [3.63, 3.8) is 0 Å². The molecule has 1 fully saturated rings. The van der Waals surface area contributed by atoms with Crippen molar-refractivity contribution < 1.29 is 14.3 Å². The molecule has 0 spiro atoms. The maximum Gasteiger partial charge on any atom is 0.256 e. The molecule has 4 nitrogen and oxygen atoms in total. The van der Waals surface area contributed by atoms with E-state index in [0.29, 0.717) is 19.1 Å². The Morgan fingerprint density at radius 1 is 1.33 bits per heavy atom. The summed E-state index contributed by atoms with van der Waals surface area (Å²) in [5.74, 6) is 1.13. The first-order valence-electron chi connectivity index (χ1n) is 7.70. The average Bonchev–Trinajstić information content (AvgIpc) is 3.27. The Bertz CT molecular complexity index is 511. The number of aryl methyl sites for hydroxylation is 1. The van der Waals surface area contributed by atoms with Gasteiger partial charge in [0.1, 0.15) is 11.4 Å². The molecule has 0 radical (unpaired) electrons. The molecule has 1 atom stereocenters. The molecule has 1 aromatic rings. The van der Waals surface area contributed by atoms with Crippen LogP contribution in [0.25, 0.3) is 0 Å². The molecule has 0 saturated heterocycles. The number of hydrogen-bond acceptors (Lipinski definition) is 3. The van der Waals surface area contributed by atoms with E-state index in [2.05, 4.69) is 5.32 Å². The summed E-state index contributed by atoms with van der Waals surface area (Å²) >= 11 is 0. The van der Waals surface area contributed by atoms with Crippen LogP contribution < -0.4 is 10.1 Å². The lowest BCUT2D eigenvalue weighted by Crippen LogP contribution is -2.44. The highest BCUT2D eigenvalue weighted by Gasteiger charge is 2.48. The van der Waals surface area contributed by atoms with Gasteiger partial charge in [0, 0.05) is 12.3 Å². The smallest absolute Gasteiger partial charge is 0.256 e. The summed E-state index contributed by atoms with van der Waals surface area (Å²) in [4.78, 5) is 12.6. The maximum absolute atomic E-state index is 12.6. The van der Waals surface area contributed by atoms with Gasteiger partial charge in [-0.15, -0.1) is 0 Å². The Morgan fingerprint density at radius 2 is 2.05 bits per heavy atom. The topological polar surface area (TPSA) is 47.6 Å². The van der Waals surface area contributed by atoms with Gasteiger partial charge >= 0.3 is 0 Å². The first-order chi connectivity index (χ1) is 10.0. The molecule has 0 aliphatic heterocycles. The molecule has 4 heteroatoms. The largest absolute Gasteiger partial charge is 0.494 e. The van der Waals surface area contributed by atoms with Crippen molar-refractivity contribution in [2.45, 2.75) is 46.1 Å². The summed E-state index contributed by atoms with van der Waals surface area (Å²) in [7, 11) is 0. The molecule has 116 valence electrons. The van der Waals surface area contributed by atoms with Gasteiger partial charge < -0.3 is 14.8 Å². The number of rotatable bonds is 7. The summed E-state index contributed by atoms with van der Waals surface area (Å²) in [5.41, 5.74) is 1.08. The third-order valence-corrected chi connectivity index (χ3v) is 3.98. The predicted octanol–water partition coefficient (Wildman–Crippen LogP) is 3.54. The van der Waals surface area contributed by atoms with Crippen molar-refractivity contribution in [1.82, 2.24) is 0 Å². The van der Waals surface area contributed by atoms with Gasteiger partial charge in [0.25, 0.3) is 5.91 Å². The molecule has 0 heterocycles. The number of anilines is 1. The van der Waals surface area contributed by atoms with E-state index in [1.807, 2.05) is 45.9 Å². The van der Waals surface area contributed by atoms with Gasteiger partial charge in [-0.1, -0.05) is 0 Å². The van der Waals surface area contributed by atoms with Gasteiger partial charge in [-0.3, -0.25) is 4.79 Å². The van der Waals surface area contributed by atoms with Crippen LogP contribution >= 0.6 is 0 Å². The number of carbonyl (C=O) groups is 1. The Morgan fingerprint density at radius 3 is 2.57 bits per heavy atom. The van der Waals surface area contributed by atoms with Crippen molar-refractivity contribution in [3.8, 4) is 5.75 Å². The van der Waals surface area contributed by atoms with E-state index in [1.54, 1.807) is 0 Å². The molecule has 0 bridgehead atoms. The van der Waals surface area contributed by atoms with Crippen LogP contribution in [0.4, 0.5) is 5.69 Å². The predicted molar refractivity (Wildman–Crippen MR) is 83.7 cm³/mol. The standard InChI is InChI=1S/C17H25NO3/c1-5-20-15-10-9-14(11-12(15)3)18-16(19)17(4,21-6-2)13-7-8-13/h9-11,13H,5-8H2,1-4H3,(H,18,19)/t17-/m0/s1. The minimum Gasteiger partial charge on any atom is -0.494 e. The zero-order valence-corrected chi connectivity index (χ0v) is 13.4. The lowest BCUT2D eigenvalue weighted by atomic mass is 9.98. The van der Waals surface area contributed by atoms with Crippen LogP contribution in [0.5, 0.6) is 5.75 Å². The van der Waals surface area contributed by atoms with Crippen LogP contribution in [0.1, 0.15) is 39.2 Å². The van der Waals surface area contributed by atoms with Gasteiger partial charge in [0.15, 0.2) is 0 Å². The minimum absolute atomic E-state index is 0.0598. The molecular formula is C17H25NO3. The average molecular weight is 291 g/mol. The number of benzene rings is 1. The number of ether oxygens (including phenoxy) is 2. The molecule has 21 heavy (non-hydrogen) atoms. The molecule has 1 aromatic carbocycles. The van der Waals surface area contributed by atoms with Crippen LogP contribution in [0.15, 0.2) is 18.2 Å². The van der Waals surface area contributed by atoms with Crippen molar-refractivity contribution in [3.05, 3.63) is 23.8 Å². The third kappa shape index (κ3) is 3.56. The van der Waals surface area contributed by atoms with Gasteiger partial charge in [-0.25, -0.2) is 0 Å². The Kier molecular flexibility index (Phi) is 4.88. The lowest BCUT2D eigenvalue weighted by Gasteiger charge is -2.28. The van der Waals surface area contributed by atoms with E-state index in [1.165, 1.54) is 0 Å². The summed E-state index contributed by atoms with van der Waals surface area (Å²) < 4.78 is 11.3. The van der Waals surface area contributed by atoms with E-state index in [-0.39, 0.29) is 5.91 Å². The fourth-order valence-corrected chi connectivity index (χ4v) is 2.60. The SMILES string of the molecule is CCOc1ccc(NC(=O)[C@@](C)(OCC)C2CC2)cc1C. The Balaban J connectivity index is 2.09. The van der Waals surface area contributed by atoms with Gasteiger partial charge in [0.2, 0.25) is 0 Å². The first kappa shape index (κ1) is 15.8. The molecule has 1 amide bonds. The third-order valence-electron chi connectivity index (χ3n) is 3.98.